The molecule has 0 spiro atoms. The van der Waals surface area contributed by atoms with E-state index >= 15 is 0 Å². The lowest BCUT2D eigenvalue weighted by molar-refractivity contribution is -0.174. The summed E-state index contributed by atoms with van der Waals surface area (Å²) in [5, 5.41) is 30.9. The third-order valence-corrected chi connectivity index (χ3v) is 9.35. The monoisotopic (exact) mass is 350 g/mol. The summed E-state index contributed by atoms with van der Waals surface area (Å²) in [5.74, 6) is 1.85. The molecule has 4 aliphatic rings. The number of hydrogen-bond donors (Lipinski definition) is 3. The van der Waals surface area contributed by atoms with Crippen molar-refractivity contribution in [3.05, 3.63) is 0 Å². The molecule has 0 aromatic heterocycles. The molecular weight excluding hydrogens is 316 g/mol. The highest BCUT2D eigenvalue weighted by molar-refractivity contribution is 5.89. The fourth-order valence-electron chi connectivity index (χ4n) is 7.94. The van der Waals surface area contributed by atoms with Gasteiger partial charge < -0.3 is 15.3 Å². The van der Waals surface area contributed by atoms with E-state index < -0.39 is 17.6 Å². The Labute approximate surface area is 151 Å². The smallest absolute Gasteiger partial charge is 0.190 e. The largest absolute Gasteiger partial charge is 0.393 e. The maximum Gasteiger partial charge on any atom is 0.190 e. The molecule has 0 radical (unpaired) electrons. The van der Waals surface area contributed by atoms with Crippen molar-refractivity contribution in [3.8, 4) is 0 Å². The van der Waals surface area contributed by atoms with Gasteiger partial charge in [0.25, 0.3) is 0 Å². The van der Waals surface area contributed by atoms with Crippen molar-refractivity contribution in [2.45, 2.75) is 83.3 Å². The van der Waals surface area contributed by atoms with Crippen LogP contribution >= 0.6 is 0 Å². The van der Waals surface area contributed by atoms with Crippen LogP contribution in [0.3, 0.4) is 0 Å². The van der Waals surface area contributed by atoms with E-state index in [1.54, 1.807) is 0 Å². The molecule has 4 saturated carbocycles. The van der Waals surface area contributed by atoms with Crippen LogP contribution < -0.4 is 0 Å². The van der Waals surface area contributed by atoms with Gasteiger partial charge in [0.05, 0.1) is 6.10 Å². The summed E-state index contributed by atoms with van der Waals surface area (Å²) in [6, 6.07) is 0. The Morgan fingerprint density at radius 1 is 1.00 bits per heavy atom. The molecule has 0 amide bonds. The van der Waals surface area contributed by atoms with Crippen LogP contribution in [0.15, 0.2) is 0 Å². The zero-order chi connectivity index (χ0) is 18.0. The number of aliphatic hydroxyl groups is 3. The zero-order valence-corrected chi connectivity index (χ0v) is 15.7. The molecule has 8 atom stereocenters. The molecule has 2 unspecified atom stereocenters. The summed E-state index contributed by atoms with van der Waals surface area (Å²) >= 11 is 0. The molecule has 4 nitrogen and oxygen atoms in total. The lowest BCUT2D eigenvalue weighted by Crippen LogP contribution is -2.59. The van der Waals surface area contributed by atoms with Gasteiger partial charge in [-0.3, -0.25) is 4.79 Å². The van der Waals surface area contributed by atoms with E-state index in [1.165, 1.54) is 12.8 Å². The van der Waals surface area contributed by atoms with Gasteiger partial charge in [-0.1, -0.05) is 13.8 Å². The Hall–Kier alpha value is -0.450. The van der Waals surface area contributed by atoms with Crippen molar-refractivity contribution in [1.82, 2.24) is 0 Å². The second-order valence-electron chi connectivity index (χ2n) is 10.0. The molecule has 0 aromatic rings. The highest BCUT2D eigenvalue weighted by atomic mass is 16.3. The van der Waals surface area contributed by atoms with Crippen LogP contribution in [0.25, 0.3) is 0 Å². The van der Waals surface area contributed by atoms with Crippen LogP contribution in [0.1, 0.15) is 71.6 Å². The molecule has 25 heavy (non-hydrogen) atoms. The van der Waals surface area contributed by atoms with Crippen LogP contribution in [0.4, 0.5) is 0 Å². The van der Waals surface area contributed by atoms with Crippen LogP contribution in [0, 0.1) is 34.5 Å². The van der Waals surface area contributed by atoms with Crippen LogP contribution in [-0.2, 0) is 4.79 Å². The van der Waals surface area contributed by atoms with Crippen molar-refractivity contribution in [1.29, 1.82) is 0 Å². The first-order chi connectivity index (χ1) is 11.8. The predicted molar refractivity (Wildman–Crippen MR) is 94.8 cm³/mol. The maximum absolute atomic E-state index is 12.4. The minimum atomic E-state index is -1.35. The molecule has 4 rings (SSSR count). The average molecular weight is 350 g/mol. The van der Waals surface area contributed by atoms with Crippen molar-refractivity contribution in [2.24, 2.45) is 34.5 Å². The molecule has 4 fully saturated rings. The number of carbonyl (C=O) groups excluding carboxylic acids is 1. The average Bonchev–Trinajstić information content (AvgIpc) is 2.86. The molecule has 0 heterocycles. The number of Topliss-reactive ketones (excluding diaryl/α,β-unsaturated/α-hetero) is 1. The molecule has 0 aliphatic heterocycles. The van der Waals surface area contributed by atoms with E-state index in [-0.39, 0.29) is 17.3 Å². The summed E-state index contributed by atoms with van der Waals surface area (Å²) < 4.78 is 0. The molecule has 0 aromatic carbocycles. The second-order valence-corrected chi connectivity index (χ2v) is 10.0. The van der Waals surface area contributed by atoms with E-state index in [2.05, 4.69) is 13.8 Å². The van der Waals surface area contributed by atoms with Crippen LogP contribution in [0.5, 0.6) is 0 Å². The highest BCUT2D eigenvalue weighted by Gasteiger charge is 2.66. The van der Waals surface area contributed by atoms with E-state index in [4.69, 9.17) is 0 Å². The molecule has 3 N–H and O–H groups in total. The van der Waals surface area contributed by atoms with Crippen molar-refractivity contribution < 1.29 is 20.1 Å². The summed E-state index contributed by atoms with van der Waals surface area (Å²) in [7, 11) is 0. The maximum atomic E-state index is 12.4. The first-order valence-electron chi connectivity index (χ1n) is 10.3. The van der Waals surface area contributed by atoms with E-state index in [1.807, 2.05) is 0 Å². The Morgan fingerprint density at radius 3 is 2.40 bits per heavy atom. The van der Waals surface area contributed by atoms with Gasteiger partial charge in [-0.25, -0.2) is 0 Å². The Balaban J connectivity index is 1.65. The van der Waals surface area contributed by atoms with E-state index in [0.717, 1.165) is 44.4 Å². The summed E-state index contributed by atoms with van der Waals surface area (Å²) in [4.78, 5) is 12.4. The number of fused-ring (bicyclic) bond motifs is 5. The quantitative estimate of drug-likeness (QED) is 0.715. The third kappa shape index (κ3) is 2.26. The van der Waals surface area contributed by atoms with Crippen molar-refractivity contribution >= 4 is 5.78 Å². The van der Waals surface area contributed by atoms with Crippen LogP contribution in [-0.4, -0.2) is 39.4 Å². The Bertz CT molecular complexity index is 562. The minimum Gasteiger partial charge on any atom is -0.393 e. The summed E-state index contributed by atoms with van der Waals surface area (Å²) in [6.07, 6.45) is 8.57. The number of aliphatic hydroxyl groups excluding tert-OH is 2. The first kappa shape index (κ1) is 17.9. The van der Waals surface area contributed by atoms with Crippen molar-refractivity contribution in [2.75, 3.05) is 6.61 Å². The lowest BCUT2D eigenvalue weighted by Gasteiger charge is -2.61. The molecule has 142 valence electrons. The lowest BCUT2D eigenvalue weighted by atomic mass is 9.44. The van der Waals surface area contributed by atoms with Crippen molar-refractivity contribution in [3.63, 3.8) is 0 Å². The van der Waals surface area contributed by atoms with Gasteiger partial charge in [0, 0.05) is 5.41 Å². The fourth-order valence-corrected chi connectivity index (χ4v) is 7.94. The molecular formula is C21H34O4. The van der Waals surface area contributed by atoms with E-state index in [9.17, 15) is 20.1 Å². The minimum absolute atomic E-state index is 0.162. The van der Waals surface area contributed by atoms with E-state index in [0.29, 0.717) is 24.2 Å². The number of rotatable bonds is 2. The van der Waals surface area contributed by atoms with Gasteiger partial charge >= 0.3 is 0 Å². The topological polar surface area (TPSA) is 77.8 Å². The van der Waals surface area contributed by atoms with Gasteiger partial charge in [0.2, 0.25) is 0 Å². The number of ketones is 1. The third-order valence-electron chi connectivity index (χ3n) is 9.35. The zero-order valence-electron chi connectivity index (χ0n) is 15.7. The second kappa shape index (κ2) is 5.77. The summed E-state index contributed by atoms with van der Waals surface area (Å²) in [6.45, 7) is 3.94. The molecule has 4 heteroatoms. The van der Waals surface area contributed by atoms with Gasteiger partial charge in [-0.15, -0.1) is 0 Å². The van der Waals surface area contributed by atoms with Gasteiger partial charge in [0.1, 0.15) is 12.2 Å². The fraction of sp³-hybridized carbons (Fsp3) is 0.952. The SMILES string of the molecule is C[C@]12CC(O)CCC1CC[C@@H]1[C@@H]2CC[C@@]2(C)[C@H]1CC[C@]2(O)C(=O)CO. The van der Waals surface area contributed by atoms with Crippen LogP contribution in [0.2, 0.25) is 0 Å². The molecule has 4 aliphatic carbocycles. The Morgan fingerprint density at radius 2 is 1.68 bits per heavy atom. The van der Waals surface area contributed by atoms with Gasteiger partial charge in [-0.05, 0) is 86.9 Å². The Kier molecular flexibility index (Phi) is 4.14. The molecule has 0 bridgehead atoms. The number of carbonyl (C=O) groups is 1. The highest BCUT2D eigenvalue weighted by Crippen LogP contribution is 2.68. The first-order valence-corrected chi connectivity index (χ1v) is 10.3. The van der Waals surface area contributed by atoms with Gasteiger partial charge in [-0.2, -0.15) is 0 Å². The normalized spacial score (nSPS) is 55.2. The predicted octanol–water partition coefficient (Wildman–Crippen LogP) is 2.68. The number of hydrogen-bond acceptors (Lipinski definition) is 4. The standard InChI is InChI=1S/C21H34O4/c1-19-11-14(23)5-3-13(19)4-6-15-16(19)7-9-20(2)17(15)8-10-21(20,25)18(24)12-22/h13-17,22-23,25H,3-12H2,1-2H3/t13?,14?,15-,16+,17+,19+,20+,21+/m1/s1. The van der Waals surface area contributed by atoms with Gasteiger partial charge in [0.15, 0.2) is 5.78 Å². The summed E-state index contributed by atoms with van der Waals surface area (Å²) in [5.41, 5.74) is -1.53. The molecule has 0 saturated heterocycles.